The van der Waals surface area contributed by atoms with Gasteiger partial charge in [-0.25, -0.2) is 4.98 Å². The van der Waals surface area contributed by atoms with Crippen molar-refractivity contribution in [3.05, 3.63) is 63.2 Å². The summed E-state index contributed by atoms with van der Waals surface area (Å²) in [5, 5.41) is 14.3. The Morgan fingerprint density at radius 2 is 2.04 bits per heavy atom. The molecule has 2 aromatic carbocycles. The third-order valence-corrected chi connectivity index (χ3v) is 4.10. The molecule has 1 aromatic heterocycles. The van der Waals surface area contributed by atoms with Crippen molar-refractivity contribution in [3.63, 3.8) is 0 Å². The highest BCUT2D eigenvalue weighted by molar-refractivity contribution is 5.95. The Kier molecular flexibility index (Phi) is 5.21. The van der Waals surface area contributed by atoms with E-state index in [1.54, 1.807) is 38.4 Å². The lowest BCUT2D eigenvalue weighted by Gasteiger charge is -2.19. The number of benzene rings is 2. The fraction of sp³-hybridized carbons (Fsp3) is 0.167. The first kappa shape index (κ1) is 18.8. The van der Waals surface area contributed by atoms with Gasteiger partial charge in [-0.3, -0.25) is 19.7 Å². The average Bonchev–Trinajstić information content (AvgIpc) is 2.67. The molecule has 0 aliphatic rings. The molecule has 1 heterocycles. The standard InChI is InChI=1S/C18H17N5O5/c1-22(9-17(24)21-11-3-5-12(28-2)6-4-11)15-8-14-13(7-16(15)23(26)27)18(25)20-10-19-14/h3-8,10H,9H2,1-2H3,(H,21,24)(H,19,20,25). The summed E-state index contributed by atoms with van der Waals surface area (Å²) in [7, 11) is 3.09. The summed E-state index contributed by atoms with van der Waals surface area (Å²) in [4.78, 5) is 42.9. The monoisotopic (exact) mass is 383 g/mol. The van der Waals surface area contributed by atoms with Crippen LogP contribution in [-0.2, 0) is 4.79 Å². The molecular formula is C18H17N5O5. The van der Waals surface area contributed by atoms with Crippen molar-refractivity contribution in [1.29, 1.82) is 0 Å². The van der Waals surface area contributed by atoms with Crippen LogP contribution in [0, 0.1) is 10.1 Å². The Hall–Kier alpha value is -3.95. The number of aromatic nitrogens is 2. The summed E-state index contributed by atoms with van der Waals surface area (Å²) in [5.74, 6) is 0.297. The third-order valence-electron chi connectivity index (χ3n) is 4.10. The number of anilines is 2. The summed E-state index contributed by atoms with van der Waals surface area (Å²) in [5.41, 5.74) is 0.290. The number of ether oxygens (including phenoxy) is 1. The van der Waals surface area contributed by atoms with Crippen molar-refractivity contribution in [2.24, 2.45) is 0 Å². The van der Waals surface area contributed by atoms with Gasteiger partial charge in [-0.15, -0.1) is 0 Å². The summed E-state index contributed by atoms with van der Waals surface area (Å²) in [6.45, 7) is -0.137. The van der Waals surface area contributed by atoms with Crippen molar-refractivity contribution >= 4 is 33.9 Å². The van der Waals surface area contributed by atoms with Crippen LogP contribution < -0.4 is 20.5 Å². The zero-order chi connectivity index (χ0) is 20.3. The number of carbonyl (C=O) groups excluding carboxylic acids is 1. The van der Waals surface area contributed by atoms with Crippen molar-refractivity contribution in [2.75, 3.05) is 30.9 Å². The van der Waals surface area contributed by atoms with Gasteiger partial charge in [0.2, 0.25) is 5.91 Å². The highest BCUT2D eigenvalue weighted by atomic mass is 16.6. The molecule has 0 aliphatic carbocycles. The Balaban J connectivity index is 1.84. The molecule has 144 valence electrons. The summed E-state index contributed by atoms with van der Waals surface area (Å²) in [6.07, 6.45) is 1.22. The van der Waals surface area contributed by atoms with Gasteiger partial charge in [0.1, 0.15) is 11.4 Å². The Labute approximate surface area is 158 Å². The molecule has 10 heteroatoms. The van der Waals surface area contributed by atoms with Crippen LogP contribution in [0.3, 0.4) is 0 Å². The summed E-state index contributed by atoms with van der Waals surface area (Å²) in [6, 6.07) is 9.36. The predicted octanol–water partition coefficient (Wildman–Crippen LogP) is 1.91. The van der Waals surface area contributed by atoms with Gasteiger partial charge in [0.15, 0.2) is 0 Å². The maximum Gasteiger partial charge on any atom is 0.293 e. The first-order valence-electron chi connectivity index (χ1n) is 8.20. The number of rotatable bonds is 6. The van der Waals surface area contributed by atoms with Crippen LogP contribution in [0.4, 0.5) is 17.1 Å². The van der Waals surface area contributed by atoms with E-state index in [-0.39, 0.29) is 29.2 Å². The lowest BCUT2D eigenvalue weighted by Crippen LogP contribution is -2.30. The van der Waals surface area contributed by atoms with Gasteiger partial charge >= 0.3 is 0 Å². The molecule has 3 aromatic rings. The van der Waals surface area contributed by atoms with Gasteiger partial charge in [-0.1, -0.05) is 0 Å². The first-order chi connectivity index (χ1) is 13.4. The van der Waals surface area contributed by atoms with E-state index >= 15 is 0 Å². The van der Waals surface area contributed by atoms with E-state index in [4.69, 9.17) is 4.74 Å². The smallest absolute Gasteiger partial charge is 0.293 e. The number of carbonyl (C=O) groups is 1. The number of likely N-dealkylation sites (N-methyl/N-ethyl adjacent to an activating group) is 1. The molecule has 0 radical (unpaired) electrons. The number of methoxy groups -OCH3 is 1. The molecule has 2 N–H and O–H groups in total. The van der Waals surface area contributed by atoms with Crippen LogP contribution in [0.2, 0.25) is 0 Å². The van der Waals surface area contributed by atoms with Gasteiger partial charge in [-0.2, -0.15) is 0 Å². The molecule has 0 saturated carbocycles. The SMILES string of the molecule is COc1ccc(NC(=O)CN(C)c2cc3nc[nH]c(=O)c3cc2[N+](=O)[O-])cc1. The van der Waals surface area contributed by atoms with Gasteiger partial charge in [0.25, 0.3) is 11.2 Å². The lowest BCUT2D eigenvalue weighted by molar-refractivity contribution is -0.384. The molecule has 28 heavy (non-hydrogen) atoms. The molecule has 3 rings (SSSR count). The number of nitro groups is 1. The summed E-state index contributed by atoms with van der Waals surface area (Å²) < 4.78 is 5.06. The minimum atomic E-state index is -0.598. The number of nitrogens with one attached hydrogen (secondary N) is 2. The van der Waals surface area contributed by atoms with Crippen LogP contribution in [0.15, 0.2) is 47.5 Å². The van der Waals surface area contributed by atoms with Gasteiger partial charge in [-0.05, 0) is 30.3 Å². The van der Waals surface area contributed by atoms with E-state index in [1.165, 1.54) is 17.3 Å². The van der Waals surface area contributed by atoms with Crippen LogP contribution >= 0.6 is 0 Å². The Morgan fingerprint density at radius 1 is 1.32 bits per heavy atom. The number of amides is 1. The largest absolute Gasteiger partial charge is 0.497 e. The highest BCUT2D eigenvalue weighted by Crippen LogP contribution is 2.30. The number of fused-ring (bicyclic) bond motifs is 1. The number of nitro benzene ring substituents is 1. The second kappa shape index (κ2) is 7.74. The molecule has 0 fully saturated rings. The van der Waals surface area contributed by atoms with Crippen molar-refractivity contribution in [1.82, 2.24) is 9.97 Å². The molecule has 0 saturated heterocycles. The quantitative estimate of drug-likeness (QED) is 0.491. The average molecular weight is 383 g/mol. The molecule has 0 spiro atoms. The molecular weight excluding hydrogens is 366 g/mol. The van der Waals surface area contributed by atoms with E-state index in [2.05, 4.69) is 15.3 Å². The predicted molar refractivity (Wildman–Crippen MR) is 104 cm³/mol. The normalized spacial score (nSPS) is 10.5. The fourth-order valence-electron chi connectivity index (χ4n) is 2.72. The molecule has 1 amide bonds. The van der Waals surface area contributed by atoms with Crippen LogP contribution in [-0.4, -0.2) is 41.5 Å². The number of H-pyrrole nitrogens is 1. The molecule has 0 bridgehead atoms. The summed E-state index contributed by atoms with van der Waals surface area (Å²) >= 11 is 0. The highest BCUT2D eigenvalue weighted by Gasteiger charge is 2.21. The van der Waals surface area contributed by atoms with E-state index in [0.717, 1.165) is 6.07 Å². The van der Waals surface area contributed by atoms with Crippen molar-refractivity contribution < 1.29 is 14.5 Å². The van der Waals surface area contributed by atoms with Crippen LogP contribution in [0.1, 0.15) is 0 Å². The molecule has 10 nitrogen and oxygen atoms in total. The maximum absolute atomic E-state index is 12.3. The van der Waals surface area contributed by atoms with Crippen LogP contribution in [0.5, 0.6) is 5.75 Å². The molecule has 0 unspecified atom stereocenters. The Bertz CT molecular complexity index is 1090. The molecule has 0 atom stereocenters. The zero-order valence-corrected chi connectivity index (χ0v) is 15.1. The van der Waals surface area contributed by atoms with Gasteiger partial charge in [0.05, 0.1) is 35.8 Å². The minimum absolute atomic E-state index is 0.106. The lowest BCUT2D eigenvalue weighted by atomic mass is 10.1. The number of aromatic amines is 1. The number of hydrogen-bond acceptors (Lipinski definition) is 7. The zero-order valence-electron chi connectivity index (χ0n) is 15.1. The van der Waals surface area contributed by atoms with Crippen molar-refractivity contribution in [3.8, 4) is 5.75 Å². The van der Waals surface area contributed by atoms with E-state index in [9.17, 15) is 19.7 Å². The number of nitrogens with zero attached hydrogens (tertiary/aromatic N) is 3. The topological polar surface area (TPSA) is 130 Å². The second-order valence-electron chi connectivity index (χ2n) is 5.98. The number of hydrogen-bond donors (Lipinski definition) is 2. The van der Waals surface area contributed by atoms with E-state index < -0.39 is 10.5 Å². The Morgan fingerprint density at radius 3 is 2.68 bits per heavy atom. The maximum atomic E-state index is 12.3. The first-order valence-corrected chi connectivity index (χ1v) is 8.20. The van der Waals surface area contributed by atoms with E-state index in [1.807, 2.05) is 0 Å². The fourth-order valence-corrected chi connectivity index (χ4v) is 2.72. The van der Waals surface area contributed by atoms with Gasteiger partial charge < -0.3 is 19.9 Å². The van der Waals surface area contributed by atoms with Crippen LogP contribution in [0.25, 0.3) is 10.9 Å². The van der Waals surface area contributed by atoms with Gasteiger partial charge in [0, 0.05) is 18.8 Å². The van der Waals surface area contributed by atoms with Crippen molar-refractivity contribution in [2.45, 2.75) is 0 Å². The third kappa shape index (κ3) is 3.90. The molecule has 0 aliphatic heterocycles. The van der Waals surface area contributed by atoms with E-state index in [0.29, 0.717) is 17.0 Å². The minimum Gasteiger partial charge on any atom is -0.497 e. The second-order valence-corrected chi connectivity index (χ2v) is 5.98.